The van der Waals surface area contributed by atoms with Crippen molar-refractivity contribution in [1.82, 2.24) is 4.90 Å². The summed E-state index contributed by atoms with van der Waals surface area (Å²) in [4.78, 5) is 15.8. The van der Waals surface area contributed by atoms with Gasteiger partial charge in [0, 0.05) is 18.5 Å². The van der Waals surface area contributed by atoms with Crippen LogP contribution in [0.2, 0.25) is 0 Å². The lowest BCUT2D eigenvalue weighted by Gasteiger charge is -2.15. The largest absolute Gasteiger partial charge is 0.341 e. The second kappa shape index (κ2) is 5.21. The molecule has 0 saturated heterocycles. The maximum atomic E-state index is 12.0. The number of hydrogen-bond donors (Lipinski definition) is 0. The van der Waals surface area contributed by atoms with Crippen LogP contribution in [-0.4, -0.2) is 24.4 Å². The first-order valence-corrected chi connectivity index (χ1v) is 6.27. The lowest BCUT2D eigenvalue weighted by Crippen LogP contribution is -2.26. The topological polar surface area (TPSA) is 20.3 Å². The van der Waals surface area contributed by atoms with Gasteiger partial charge in [-0.2, -0.15) is 0 Å². The average Bonchev–Trinajstić information content (AvgIpc) is 2.46. The van der Waals surface area contributed by atoms with Gasteiger partial charge in [-0.1, -0.05) is 36.0 Å². The molecule has 3 heteroatoms. The highest BCUT2D eigenvalue weighted by molar-refractivity contribution is 8.04. The fraction of sp³-hybridized carbons (Fsp3) is 0.308. The van der Waals surface area contributed by atoms with Crippen molar-refractivity contribution in [3.05, 3.63) is 41.3 Å². The minimum Gasteiger partial charge on any atom is -0.341 e. The molecule has 1 aliphatic heterocycles. The third kappa shape index (κ3) is 2.67. The Kier molecular flexibility index (Phi) is 3.67. The Hall–Kier alpha value is -1.22. The van der Waals surface area contributed by atoms with Crippen LogP contribution in [0.15, 0.2) is 46.2 Å². The van der Waals surface area contributed by atoms with Crippen LogP contribution in [0.1, 0.15) is 12.8 Å². The lowest BCUT2D eigenvalue weighted by molar-refractivity contribution is -0.124. The van der Waals surface area contributed by atoms with Gasteiger partial charge in [-0.25, -0.2) is 0 Å². The van der Waals surface area contributed by atoms with Gasteiger partial charge in [0.2, 0.25) is 0 Å². The van der Waals surface area contributed by atoms with E-state index in [2.05, 4.69) is 6.08 Å². The molecule has 0 saturated carbocycles. The molecule has 1 amide bonds. The van der Waals surface area contributed by atoms with Crippen molar-refractivity contribution in [2.75, 3.05) is 13.6 Å². The van der Waals surface area contributed by atoms with E-state index in [4.69, 9.17) is 0 Å². The van der Waals surface area contributed by atoms with Crippen molar-refractivity contribution in [3.63, 3.8) is 0 Å². The summed E-state index contributed by atoms with van der Waals surface area (Å²) in [7, 11) is 1.87. The van der Waals surface area contributed by atoms with E-state index < -0.39 is 0 Å². The standard InChI is InChI=1S/C13H15NOS/c1-14-10-6-5-9-12(13(14)15)16-11-7-3-2-4-8-11/h2-4,7-9H,5-6,10H2,1H3. The molecule has 0 radical (unpaired) electrons. The third-order valence-electron chi connectivity index (χ3n) is 2.56. The second-order valence-electron chi connectivity index (χ2n) is 3.85. The van der Waals surface area contributed by atoms with E-state index in [0.29, 0.717) is 0 Å². The maximum absolute atomic E-state index is 12.0. The summed E-state index contributed by atoms with van der Waals surface area (Å²) in [6, 6.07) is 10.0. The molecule has 0 atom stereocenters. The first kappa shape index (κ1) is 11.3. The molecule has 1 aromatic rings. The van der Waals surface area contributed by atoms with E-state index in [9.17, 15) is 4.79 Å². The van der Waals surface area contributed by atoms with Gasteiger partial charge in [0.1, 0.15) is 0 Å². The van der Waals surface area contributed by atoms with Gasteiger partial charge in [-0.3, -0.25) is 4.79 Å². The molecular formula is C13H15NOS. The van der Waals surface area contributed by atoms with Crippen molar-refractivity contribution < 1.29 is 4.79 Å². The summed E-state index contributed by atoms with van der Waals surface area (Å²) in [6.45, 7) is 0.855. The highest BCUT2D eigenvalue weighted by atomic mass is 32.2. The Morgan fingerprint density at radius 1 is 1.25 bits per heavy atom. The van der Waals surface area contributed by atoms with Gasteiger partial charge in [0.05, 0.1) is 4.91 Å². The molecule has 0 unspecified atom stereocenters. The van der Waals surface area contributed by atoms with Crippen molar-refractivity contribution in [2.45, 2.75) is 17.7 Å². The summed E-state index contributed by atoms with van der Waals surface area (Å²) < 4.78 is 0. The molecule has 1 aromatic carbocycles. The van der Waals surface area contributed by atoms with E-state index in [1.807, 2.05) is 37.4 Å². The van der Waals surface area contributed by atoms with Crippen molar-refractivity contribution in [1.29, 1.82) is 0 Å². The molecule has 1 aliphatic rings. The van der Waals surface area contributed by atoms with E-state index >= 15 is 0 Å². The van der Waals surface area contributed by atoms with Gasteiger partial charge in [0.15, 0.2) is 0 Å². The molecule has 0 fully saturated rings. The van der Waals surface area contributed by atoms with Crippen LogP contribution in [0.5, 0.6) is 0 Å². The van der Waals surface area contributed by atoms with Crippen molar-refractivity contribution in [3.8, 4) is 0 Å². The molecular weight excluding hydrogens is 218 g/mol. The van der Waals surface area contributed by atoms with Crippen molar-refractivity contribution >= 4 is 17.7 Å². The Bertz CT molecular complexity index is 400. The van der Waals surface area contributed by atoms with E-state index in [0.717, 1.165) is 29.2 Å². The monoisotopic (exact) mass is 233 g/mol. The van der Waals surface area contributed by atoms with Crippen LogP contribution < -0.4 is 0 Å². The summed E-state index contributed by atoms with van der Waals surface area (Å²) in [5.41, 5.74) is 0. The number of likely N-dealkylation sites (N-methyl/N-ethyl adjacent to an activating group) is 1. The Morgan fingerprint density at radius 2 is 2.00 bits per heavy atom. The molecule has 0 aliphatic carbocycles. The van der Waals surface area contributed by atoms with Gasteiger partial charge in [-0.15, -0.1) is 0 Å². The Labute approximate surface area is 100 Å². The van der Waals surface area contributed by atoms with Crippen LogP contribution in [0, 0.1) is 0 Å². The first-order chi connectivity index (χ1) is 7.77. The third-order valence-corrected chi connectivity index (χ3v) is 3.62. The molecule has 0 bridgehead atoms. The zero-order valence-corrected chi connectivity index (χ0v) is 10.2. The Balaban J connectivity index is 2.14. The first-order valence-electron chi connectivity index (χ1n) is 5.46. The summed E-state index contributed by atoms with van der Waals surface area (Å²) in [5.74, 6) is 0.145. The number of carbonyl (C=O) groups excluding carboxylic acids is 1. The summed E-state index contributed by atoms with van der Waals surface area (Å²) in [5, 5.41) is 0. The summed E-state index contributed by atoms with van der Waals surface area (Å²) >= 11 is 1.56. The number of rotatable bonds is 2. The second-order valence-corrected chi connectivity index (χ2v) is 4.97. The van der Waals surface area contributed by atoms with Crippen LogP contribution >= 0.6 is 11.8 Å². The number of allylic oxidation sites excluding steroid dienone is 1. The van der Waals surface area contributed by atoms with Gasteiger partial charge in [0.25, 0.3) is 5.91 Å². The number of amides is 1. The molecule has 16 heavy (non-hydrogen) atoms. The van der Waals surface area contributed by atoms with Crippen LogP contribution in [0.4, 0.5) is 0 Å². The quantitative estimate of drug-likeness (QED) is 0.783. The smallest absolute Gasteiger partial charge is 0.260 e. The lowest BCUT2D eigenvalue weighted by atomic mass is 10.3. The molecule has 84 valence electrons. The maximum Gasteiger partial charge on any atom is 0.260 e. The van der Waals surface area contributed by atoms with E-state index in [1.165, 1.54) is 0 Å². The molecule has 0 spiro atoms. The van der Waals surface area contributed by atoms with Crippen LogP contribution in [0.25, 0.3) is 0 Å². The van der Waals surface area contributed by atoms with Gasteiger partial charge < -0.3 is 4.90 Å². The minimum absolute atomic E-state index is 0.145. The SMILES string of the molecule is CN1CCCC=C(Sc2ccccc2)C1=O. The molecule has 2 rings (SSSR count). The van der Waals surface area contributed by atoms with Gasteiger partial charge >= 0.3 is 0 Å². The van der Waals surface area contributed by atoms with E-state index in [-0.39, 0.29) is 5.91 Å². The highest BCUT2D eigenvalue weighted by Gasteiger charge is 2.17. The predicted octanol–water partition coefficient (Wildman–Crippen LogP) is 2.91. The average molecular weight is 233 g/mol. The highest BCUT2D eigenvalue weighted by Crippen LogP contribution is 2.29. The molecule has 0 N–H and O–H groups in total. The minimum atomic E-state index is 0.145. The zero-order valence-electron chi connectivity index (χ0n) is 9.35. The number of carbonyl (C=O) groups is 1. The number of thioether (sulfide) groups is 1. The predicted molar refractivity (Wildman–Crippen MR) is 67.3 cm³/mol. The Morgan fingerprint density at radius 3 is 2.75 bits per heavy atom. The fourth-order valence-corrected chi connectivity index (χ4v) is 2.63. The zero-order chi connectivity index (χ0) is 11.4. The van der Waals surface area contributed by atoms with Crippen molar-refractivity contribution in [2.24, 2.45) is 0 Å². The normalized spacial score (nSPS) is 16.9. The fourth-order valence-electron chi connectivity index (χ4n) is 1.64. The molecule has 1 heterocycles. The van der Waals surface area contributed by atoms with Crippen LogP contribution in [-0.2, 0) is 4.79 Å². The number of nitrogens with zero attached hydrogens (tertiary/aromatic N) is 1. The molecule has 2 nitrogen and oxygen atoms in total. The van der Waals surface area contributed by atoms with Crippen LogP contribution in [0.3, 0.4) is 0 Å². The number of benzene rings is 1. The van der Waals surface area contributed by atoms with Gasteiger partial charge in [-0.05, 0) is 25.0 Å². The van der Waals surface area contributed by atoms with E-state index in [1.54, 1.807) is 16.7 Å². The number of hydrogen-bond acceptors (Lipinski definition) is 2. The summed E-state index contributed by atoms with van der Waals surface area (Å²) in [6.07, 6.45) is 4.11. The molecule has 0 aromatic heterocycles.